The highest BCUT2D eigenvalue weighted by Gasteiger charge is 2.04. The Kier molecular flexibility index (Phi) is 5.57. The lowest BCUT2D eigenvalue weighted by molar-refractivity contribution is 0.318. The lowest BCUT2D eigenvalue weighted by atomic mass is 10.1. The van der Waals surface area contributed by atoms with Crippen molar-refractivity contribution in [2.75, 3.05) is 12.3 Å². The molecule has 2 rings (SSSR count). The zero-order valence-corrected chi connectivity index (χ0v) is 13.8. The van der Waals surface area contributed by atoms with E-state index in [0.717, 1.165) is 17.9 Å². The van der Waals surface area contributed by atoms with E-state index in [1.54, 1.807) is 0 Å². The van der Waals surface area contributed by atoms with Gasteiger partial charge in [0.2, 0.25) is 0 Å². The molecule has 0 heterocycles. The second-order valence-electron chi connectivity index (χ2n) is 5.33. The van der Waals surface area contributed by atoms with Gasteiger partial charge in [-0.15, -0.1) is 11.8 Å². The molecule has 0 aliphatic heterocycles. The predicted molar refractivity (Wildman–Crippen MR) is 92.1 cm³/mol. The van der Waals surface area contributed by atoms with Crippen molar-refractivity contribution < 1.29 is 4.74 Å². The molecule has 112 valence electrons. The Bertz CT molecular complexity index is 590. The van der Waals surface area contributed by atoms with Gasteiger partial charge in [0.1, 0.15) is 5.75 Å². The molecule has 0 amide bonds. The summed E-state index contributed by atoms with van der Waals surface area (Å²) in [4.78, 5) is 1.19. The molecule has 0 radical (unpaired) electrons. The Morgan fingerprint density at radius 3 is 2.43 bits per heavy atom. The van der Waals surface area contributed by atoms with Crippen LogP contribution in [0.2, 0.25) is 0 Å². The summed E-state index contributed by atoms with van der Waals surface area (Å²) < 4.78 is 5.68. The maximum atomic E-state index is 5.94. The maximum absolute atomic E-state index is 5.94. The summed E-state index contributed by atoms with van der Waals surface area (Å²) in [7, 11) is 0. The van der Waals surface area contributed by atoms with Gasteiger partial charge in [-0.05, 0) is 44.0 Å². The topological polar surface area (TPSA) is 35.2 Å². The molecule has 0 atom stereocenters. The standard InChI is InChI=1S/C18H23NOS/c1-4-7-20-18-11-16(5-6-17(18)19)21-12-15-9-13(2)8-14(3)10-15/h5-6,8-11H,4,7,12,19H2,1-3H3. The molecular weight excluding hydrogens is 278 g/mol. The quantitative estimate of drug-likeness (QED) is 0.604. The lowest BCUT2D eigenvalue weighted by Gasteiger charge is -2.10. The molecule has 2 aromatic rings. The maximum Gasteiger partial charge on any atom is 0.143 e. The molecule has 2 N–H and O–H groups in total. The fourth-order valence-corrected chi connectivity index (χ4v) is 3.12. The zero-order valence-electron chi connectivity index (χ0n) is 13.0. The van der Waals surface area contributed by atoms with Crippen LogP contribution in [0.5, 0.6) is 5.75 Å². The molecule has 0 saturated carbocycles. The van der Waals surface area contributed by atoms with Crippen LogP contribution in [0.1, 0.15) is 30.0 Å². The van der Waals surface area contributed by atoms with Gasteiger partial charge in [0.25, 0.3) is 0 Å². The number of rotatable bonds is 6. The Hall–Kier alpha value is -1.61. The van der Waals surface area contributed by atoms with E-state index < -0.39 is 0 Å². The number of anilines is 1. The van der Waals surface area contributed by atoms with Crippen molar-refractivity contribution in [3.8, 4) is 5.75 Å². The first kappa shape index (κ1) is 15.8. The van der Waals surface area contributed by atoms with Gasteiger partial charge >= 0.3 is 0 Å². The van der Waals surface area contributed by atoms with Crippen molar-refractivity contribution >= 4 is 17.4 Å². The van der Waals surface area contributed by atoms with E-state index in [1.165, 1.54) is 21.6 Å². The summed E-state index contributed by atoms with van der Waals surface area (Å²) in [6.07, 6.45) is 0.985. The average molecular weight is 301 g/mol. The van der Waals surface area contributed by atoms with Gasteiger partial charge in [-0.25, -0.2) is 0 Å². The fraction of sp³-hybridized carbons (Fsp3) is 0.333. The molecule has 0 aliphatic rings. The third kappa shape index (κ3) is 4.71. The number of thioether (sulfide) groups is 1. The number of hydrogen-bond donors (Lipinski definition) is 1. The summed E-state index contributed by atoms with van der Waals surface area (Å²) in [5, 5.41) is 0. The Morgan fingerprint density at radius 2 is 1.76 bits per heavy atom. The van der Waals surface area contributed by atoms with Crippen molar-refractivity contribution in [1.82, 2.24) is 0 Å². The summed E-state index contributed by atoms with van der Waals surface area (Å²) in [5.74, 6) is 1.75. The largest absolute Gasteiger partial charge is 0.491 e. The van der Waals surface area contributed by atoms with Crippen LogP contribution in [0.15, 0.2) is 41.3 Å². The molecule has 0 unspecified atom stereocenters. The predicted octanol–water partition coefficient (Wildman–Crippen LogP) is 4.97. The van der Waals surface area contributed by atoms with Gasteiger partial charge in [-0.1, -0.05) is 36.2 Å². The molecule has 0 spiro atoms. The normalized spacial score (nSPS) is 10.6. The van der Waals surface area contributed by atoms with Crippen molar-refractivity contribution in [2.45, 2.75) is 37.8 Å². The molecular formula is C18H23NOS. The van der Waals surface area contributed by atoms with E-state index in [-0.39, 0.29) is 0 Å². The number of aryl methyl sites for hydroxylation is 2. The Balaban J connectivity index is 2.05. The average Bonchev–Trinajstić information content (AvgIpc) is 2.44. The molecule has 2 nitrogen and oxygen atoms in total. The van der Waals surface area contributed by atoms with Gasteiger partial charge in [-0.3, -0.25) is 0 Å². The summed E-state index contributed by atoms with van der Waals surface area (Å²) in [6.45, 7) is 7.08. The van der Waals surface area contributed by atoms with Gasteiger partial charge in [0.15, 0.2) is 0 Å². The molecule has 0 saturated heterocycles. The molecule has 0 fully saturated rings. The molecule has 0 bridgehead atoms. The second kappa shape index (κ2) is 7.41. The van der Waals surface area contributed by atoms with Gasteiger partial charge in [-0.2, -0.15) is 0 Å². The van der Waals surface area contributed by atoms with Crippen molar-refractivity contribution in [1.29, 1.82) is 0 Å². The first-order chi connectivity index (χ1) is 10.1. The van der Waals surface area contributed by atoms with Crippen LogP contribution >= 0.6 is 11.8 Å². The van der Waals surface area contributed by atoms with Crippen LogP contribution in [0, 0.1) is 13.8 Å². The van der Waals surface area contributed by atoms with Crippen molar-refractivity contribution in [3.05, 3.63) is 53.1 Å². The minimum absolute atomic E-state index is 0.704. The highest BCUT2D eigenvalue weighted by molar-refractivity contribution is 7.98. The van der Waals surface area contributed by atoms with E-state index in [1.807, 2.05) is 23.9 Å². The molecule has 0 aliphatic carbocycles. The van der Waals surface area contributed by atoms with Gasteiger partial charge < -0.3 is 10.5 Å². The summed E-state index contributed by atoms with van der Waals surface area (Å²) >= 11 is 1.81. The van der Waals surface area contributed by atoms with Crippen LogP contribution < -0.4 is 10.5 Å². The monoisotopic (exact) mass is 301 g/mol. The van der Waals surface area contributed by atoms with Gasteiger partial charge in [0, 0.05) is 10.6 Å². The summed E-state index contributed by atoms with van der Waals surface area (Å²) in [5.41, 5.74) is 10.6. The van der Waals surface area contributed by atoms with Gasteiger partial charge in [0.05, 0.1) is 12.3 Å². The molecule has 3 heteroatoms. The van der Waals surface area contributed by atoms with Crippen molar-refractivity contribution in [2.24, 2.45) is 0 Å². The number of ether oxygens (including phenoxy) is 1. The van der Waals surface area contributed by atoms with E-state index in [9.17, 15) is 0 Å². The fourth-order valence-electron chi connectivity index (χ4n) is 2.26. The lowest BCUT2D eigenvalue weighted by Crippen LogP contribution is -1.99. The van der Waals surface area contributed by atoms with Crippen molar-refractivity contribution in [3.63, 3.8) is 0 Å². The van der Waals surface area contributed by atoms with E-state index >= 15 is 0 Å². The minimum atomic E-state index is 0.704. The van der Waals surface area contributed by atoms with E-state index in [0.29, 0.717) is 12.3 Å². The minimum Gasteiger partial charge on any atom is -0.491 e. The van der Waals surface area contributed by atoms with Crippen LogP contribution in [-0.4, -0.2) is 6.61 Å². The number of hydrogen-bond acceptors (Lipinski definition) is 3. The third-order valence-corrected chi connectivity index (χ3v) is 4.20. The summed E-state index contributed by atoms with van der Waals surface area (Å²) in [6, 6.07) is 12.7. The first-order valence-corrected chi connectivity index (χ1v) is 8.29. The highest BCUT2D eigenvalue weighted by atomic mass is 32.2. The zero-order chi connectivity index (χ0) is 15.2. The van der Waals surface area contributed by atoms with Crippen LogP contribution in [-0.2, 0) is 5.75 Å². The number of nitrogens with two attached hydrogens (primary N) is 1. The number of benzene rings is 2. The number of nitrogen functional groups attached to an aromatic ring is 1. The third-order valence-electron chi connectivity index (χ3n) is 3.13. The molecule has 2 aromatic carbocycles. The second-order valence-corrected chi connectivity index (χ2v) is 6.38. The van der Waals surface area contributed by atoms with Crippen LogP contribution in [0.25, 0.3) is 0 Å². The first-order valence-electron chi connectivity index (χ1n) is 7.31. The van der Waals surface area contributed by atoms with Crippen LogP contribution in [0.3, 0.4) is 0 Å². The molecule has 21 heavy (non-hydrogen) atoms. The van der Waals surface area contributed by atoms with Crippen LogP contribution in [0.4, 0.5) is 5.69 Å². The SMILES string of the molecule is CCCOc1cc(SCc2cc(C)cc(C)c2)ccc1N. The highest BCUT2D eigenvalue weighted by Crippen LogP contribution is 2.30. The van der Waals surface area contributed by atoms with E-state index in [2.05, 4.69) is 45.0 Å². The Labute approximate surface area is 131 Å². The smallest absolute Gasteiger partial charge is 0.143 e. The Morgan fingerprint density at radius 1 is 1.05 bits per heavy atom. The van der Waals surface area contributed by atoms with E-state index in [4.69, 9.17) is 10.5 Å². The molecule has 0 aromatic heterocycles.